The maximum atomic E-state index is 14.4. The van der Waals surface area contributed by atoms with E-state index in [1.54, 1.807) is 35.9 Å². The number of ether oxygens (including phenoxy) is 1. The second-order valence-corrected chi connectivity index (χ2v) is 19.0. The summed E-state index contributed by atoms with van der Waals surface area (Å²) in [5.41, 5.74) is 0.988. The Morgan fingerprint density at radius 1 is 0.950 bits per heavy atom. The van der Waals surface area contributed by atoms with E-state index in [0.29, 0.717) is 13.0 Å². The highest BCUT2D eigenvalue weighted by Crippen LogP contribution is 2.31. The molecule has 3 N–H and O–H groups in total. The van der Waals surface area contributed by atoms with Crippen molar-refractivity contribution in [2.75, 3.05) is 40.6 Å². The number of hydrogen-bond donors (Lipinski definition) is 3. The summed E-state index contributed by atoms with van der Waals surface area (Å²) >= 11 is 1.77. The predicted octanol–water partition coefficient (Wildman–Crippen LogP) is 7.69. The Bertz CT molecular complexity index is 1350. The van der Waals surface area contributed by atoms with Crippen molar-refractivity contribution in [3.05, 3.63) is 37.0 Å². The van der Waals surface area contributed by atoms with Gasteiger partial charge < -0.3 is 30.3 Å². The maximum absolute atomic E-state index is 14.4. The first-order chi connectivity index (χ1) is 28.0. The summed E-state index contributed by atoms with van der Waals surface area (Å²) in [5.74, 6) is -1.02. The predicted molar refractivity (Wildman–Crippen MR) is 251 cm³/mol. The SMILES string of the molecule is C=C/C=C(\C=C)C[C@@H](C)NC(=O)[C@H](C)C(OC)[C@@H]1CCCN1C(=O)CC(C)[C@H]([C@@H](C)CC)N(C)C(=O)[C@@H](NC(=O)C(C(C)C)N(C)CC(C)(C)SC)C(C)C.CC.O=CO. The molecule has 0 aromatic heterocycles. The Labute approximate surface area is 370 Å². The van der Waals surface area contributed by atoms with Gasteiger partial charge >= 0.3 is 0 Å². The third-order valence-corrected chi connectivity index (χ3v) is 12.8. The third-order valence-electron chi connectivity index (χ3n) is 11.6. The van der Waals surface area contributed by atoms with Crippen LogP contribution in [0.25, 0.3) is 0 Å². The van der Waals surface area contributed by atoms with E-state index in [1.807, 2.05) is 87.4 Å². The second kappa shape index (κ2) is 30.0. The number of nitrogens with one attached hydrogen (secondary N) is 2. The van der Waals surface area contributed by atoms with Crippen LogP contribution in [0.1, 0.15) is 122 Å². The quantitative estimate of drug-likeness (QED) is 0.0657. The zero-order chi connectivity index (χ0) is 47.1. The van der Waals surface area contributed by atoms with Crippen molar-refractivity contribution in [3.8, 4) is 0 Å². The smallest absolute Gasteiger partial charge is 0.290 e. The van der Waals surface area contributed by atoms with Gasteiger partial charge in [-0.05, 0) is 82.6 Å². The van der Waals surface area contributed by atoms with E-state index in [-0.39, 0.29) is 89.1 Å². The molecule has 0 aliphatic carbocycles. The highest BCUT2D eigenvalue weighted by Gasteiger charge is 2.42. The fourth-order valence-corrected chi connectivity index (χ4v) is 8.74. The molecule has 3 unspecified atom stereocenters. The zero-order valence-electron chi connectivity index (χ0n) is 40.7. The Hall–Kier alpha value is -3.16. The number of amides is 4. The van der Waals surface area contributed by atoms with Gasteiger partial charge in [-0.15, -0.1) is 0 Å². The molecule has 1 saturated heterocycles. The fraction of sp³-hybridized carbons (Fsp3) is 0.766. The maximum Gasteiger partial charge on any atom is 0.290 e. The number of likely N-dealkylation sites (tertiary alicyclic amines) is 1. The van der Waals surface area contributed by atoms with E-state index in [0.717, 1.165) is 31.4 Å². The normalized spacial score (nSPS) is 18.3. The number of carboxylic acid groups (broad SMARTS) is 1. The van der Waals surface area contributed by atoms with Gasteiger partial charge in [-0.25, -0.2) is 0 Å². The lowest BCUT2D eigenvalue weighted by Gasteiger charge is -2.41. The van der Waals surface area contributed by atoms with Crippen LogP contribution in [-0.4, -0.2) is 132 Å². The first-order valence-electron chi connectivity index (χ1n) is 22.0. The van der Waals surface area contributed by atoms with Crippen LogP contribution >= 0.6 is 11.8 Å². The molecule has 348 valence electrons. The monoisotopic (exact) mass is 866 g/mol. The number of nitrogens with zero attached hydrogens (tertiary/aromatic N) is 3. The summed E-state index contributed by atoms with van der Waals surface area (Å²) in [7, 11) is 5.41. The van der Waals surface area contributed by atoms with Gasteiger partial charge in [-0.2, -0.15) is 11.8 Å². The first kappa shape index (κ1) is 58.9. The van der Waals surface area contributed by atoms with Crippen molar-refractivity contribution in [2.24, 2.45) is 29.6 Å². The zero-order valence-corrected chi connectivity index (χ0v) is 41.5. The number of rotatable bonds is 24. The molecule has 1 aliphatic heterocycles. The molecule has 12 nitrogen and oxygen atoms in total. The minimum Gasteiger partial charge on any atom is -0.483 e. The average Bonchev–Trinajstić information content (AvgIpc) is 3.67. The Morgan fingerprint density at radius 2 is 1.52 bits per heavy atom. The summed E-state index contributed by atoms with van der Waals surface area (Å²) in [6.07, 6.45) is 10.3. The van der Waals surface area contributed by atoms with Gasteiger partial charge in [-0.3, -0.25) is 28.9 Å². The van der Waals surface area contributed by atoms with Crippen LogP contribution in [0.4, 0.5) is 0 Å². The van der Waals surface area contributed by atoms with E-state index >= 15 is 0 Å². The molecule has 1 fully saturated rings. The molecule has 60 heavy (non-hydrogen) atoms. The number of hydrogen-bond acceptors (Lipinski definition) is 8. The minimum absolute atomic E-state index is 0.00190. The lowest BCUT2D eigenvalue weighted by atomic mass is 9.84. The van der Waals surface area contributed by atoms with E-state index < -0.39 is 18.1 Å². The van der Waals surface area contributed by atoms with Crippen LogP contribution in [0.2, 0.25) is 0 Å². The highest BCUT2D eigenvalue weighted by atomic mass is 32.2. The number of allylic oxidation sites excluding steroid dienone is 3. The summed E-state index contributed by atoms with van der Waals surface area (Å²) < 4.78 is 5.94. The number of methoxy groups -OCH3 is 1. The van der Waals surface area contributed by atoms with E-state index in [2.05, 4.69) is 62.6 Å². The van der Waals surface area contributed by atoms with Gasteiger partial charge in [0.15, 0.2) is 0 Å². The molecule has 0 aromatic carbocycles. The van der Waals surface area contributed by atoms with Gasteiger partial charge in [-0.1, -0.05) is 107 Å². The largest absolute Gasteiger partial charge is 0.483 e. The molecule has 9 atom stereocenters. The van der Waals surface area contributed by atoms with Crippen LogP contribution in [0.3, 0.4) is 0 Å². The van der Waals surface area contributed by atoms with E-state index in [1.165, 1.54) is 0 Å². The third kappa shape index (κ3) is 18.8. The first-order valence-corrected chi connectivity index (χ1v) is 23.2. The molecule has 4 amide bonds. The molecule has 0 radical (unpaired) electrons. The molecular formula is C47H87N5O7S. The molecule has 0 saturated carbocycles. The lowest BCUT2D eigenvalue weighted by molar-refractivity contribution is -0.144. The molecular weight excluding hydrogens is 779 g/mol. The van der Waals surface area contributed by atoms with Crippen molar-refractivity contribution in [2.45, 2.75) is 163 Å². The molecule has 1 aliphatic rings. The average molecular weight is 866 g/mol. The Morgan fingerprint density at radius 3 is 1.97 bits per heavy atom. The van der Waals surface area contributed by atoms with E-state index in [9.17, 15) is 19.2 Å². The Kier molecular flexibility index (Phi) is 29.4. The van der Waals surface area contributed by atoms with Crippen LogP contribution in [0.15, 0.2) is 37.0 Å². The molecule has 0 aromatic rings. The molecule has 1 rings (SSSR count). The molecule has 0 bridgehead atoms. The molecule has 13 heteroatoms. The standard InChI is InChI=1S/C44H79N5O5S.C2H6.CH2O2/c1-18-22-34(20-3)26-32(10)45-41(51)33(11)40(54-16)35-23-21-24-49(35)36(50)25-31(9)39(30(8)19-2)48(15)43(53)37(28(4)5)46-42(52)38(29(6)7)47(14)27-44(12,13)55-17;1-2;2-1-3/h18,20,22,28-33,35,37-40H,1,3,19,21,23-27H2,2,4-17H3,(H,45,51)(H,46,52);1-2H3;1H,(H,2,3)/b34-22+;;/t30-,31?,32+,33+,35-,37-,38?,39-,40?;;/m0../s1. The van der Waals surface area contributed by atoms with Crippen LogP contribution < -0.4 is 10.6 Å². The van der Waals surface area contributed by atoms with Gasteiger partial charge in [0.05, 0.1) is 24.1 Å². The summed E-state index contributed by atoms with van der Waals surface area (Å²) in [4.78, 5) is 70.1. The summed E-state index contributed by atoms with van der Waals surface area (Å²) in [6.45, 7) is 35.2. The van der Waals surface area contributed by atoms with Crippen LogP contribution in [0, 0.1) is 29.6 Å². The highest BCUT2D eigenvalue weighted by molar-refractivity contribution is 7.99. The fourth-order valence-electron chi connectivity index (χ4n) is 8.41. The number of likely N-dealkylation sites (N-methyl/N-ethyl adjacent to an activating group) is 2. The number of carbonyl (C=O) groups excluding carboxylic acids is 4. The molecule has 1 heterocycles. The lowest BCUT2D eigenvalue weighted by Crippen LogP contribution is -2.59. The molecule has 0 spiro atoms. The van der Waals surface area contributed by atoms with Crippen molar-refractivity contribution in [1.29, 1.82) is 0 Å². The Balaban J connectivity index is 0. The van der Waals surface area contributed by atoms with Gasteiger partial charge in [0.1, 0.15) is 6.04 Å². The summed E-state index contributed by atoms with van der Waals surface area (Å²) in [5, 5.41) is 13.2. The second-order valence-electron chi connectivity index (χ2n) is 17.5. The number of thioether (sulfide) groups is 1. The van der Waals surface area contributed by atoms with Crippen molar-refractivity contribution >= 4 is 41.9 Å². The van der Waals surface area contributed by atoms with Crippen LogP contribution in [0.5, 0.6) is 0 Å². The van der Waals surface area contributed by atoms with Crippen molar-refractivity contribution in [1.82, 2.24) is 25.3 Å². The van der Waals surface area contributed by atoms with Crippen molar-refractivity contribution < 1.29 is 33.8 Å². The number of carbonyl (C=O) groups is 5. The van der Waals surface area contributed by atoms with Gasteiger partial charge in [0.25, 0.3) is 6.47 Å². The van der Waals surface area contributed by atoms with E-state index in [4.69, 9.17) is 14.6 Å². The van der Waals surface area contributed by atoms with Crippen molar-refractivity contribution in [3.63, 3.8) is 0 Å². The topological polar surface area (TPSA) is 149 Å². The summed E-state index contributed by atoms with van der Waals surface area (Å²) in [6, 6.07) is -1.68. The van der Waals surface area contributed by atoms with Crippen LogP contribution in [-0.2, 0) is 28.7 Å². The van der Waals surface area contributed by atoms with Gasteiger partial charge in [0.2, 0.25) is 23.6 Å². The van der Waals surface area contributed by atoms with Gasteiger partial charge in [0, 0.05) is 50.5 Å². The minimum atomic E-state index is -0.711.